The van der Waals surface area contributed by atoms with Gasteiger partial charge in [0.15, 0.2) is 0 Å². The lowest BCUT2D eigenvalue weighted by molar-refractivity contribution is -0.123. The Kier molecular flexibility index (Phi) is 9.78. The summed E-state index contributed by atoms with van der Waals surface area (Å²) < 4.78 is 0. The first-order valence-corrected chi connectivity index (χ1v) is 7.82. The van der Waals surface area contributed by atoms with Crippen LogP contribution in [0.2, 0.25) is 0 Å². The lowest BCUT2D eigenvalue weighted by Crippen LogP contribution is -2.52. The summed E-state index contributed by atoms with van der Waals surface area (Å²) in [5.41, 5.74) is 1.11. The Hall–Kier alpha value is -0.810. The molecule has 1 saturated heterocycles. The third-order valence-electron chi connectivity index (χ3n) is 3.99. The average Bonchev–Trinajstić information content (AvgIpc) is 2.99. The van der Waals surface area contributed by atoms with Gasteiger partial charge in [-0.2, -0.15) is 0 Å². The molecule has 4 nitrogen and oxygen atoms in total. The minimum atomic E-state index is -0.149. The zero-order chi connectivity index (χ0) is 15.3. The van der Waals surface area contributed by atoms with Crippen molar-refractivity contribution in [3.05, 3.63) is 35.9 Å². The van der Waals surface area contributed by atoms with Crippen molar-refractivity contribution in [1.29, 1.82) is 0 Å². The number of carbonyl (C=O) groups is 1. The molecule has 2 rings (SSSR count). The molecule has 0 aromatic heterocycles. The zero-order valence-electron chi connectivity index (χ0n) is 14.1. The molecule has 3 N–H and O–H groups in total. The van der Waals surface area contributed by atoms with Crippen LogP contribution in [0.3, 0.4) is 0 Å². The number of carbonyl (C=O) groups excluding carboxylic acids is 1. The van der Waals surface area contributed by atoms with Crippen molar-refractivity contribution in [3.8, 4) is 0 Å². The molecule has 0 saturated carbocycles. The normalized spacial score (nSPS) is 18.5. The molecule has 0 radical (unpaired) electrons. The van der Waals surface area contributed by atoms with E-state index in [2.05, 4.69) is 48.9 Å². The van der Waals surface area contributed by atoms with Crippen molar-refractivity contribution < 1.29 is 4.79 Å². The lowest BCUT2D eigenvalue weighted by Gasteiger charge is -2.31. The fraction of sp³-hybridized carbons (Fsp3) is 0.588. The first-order valence-electron chi connectivity index (χ1n) is 7.82. The Morgan fingerprint density at radius 1 is 1.30 bits per heavy atom. The SMILES string of the molecule is CC(NC(C)(C)CNC(=O)C1CCCN1)c1ccccc1.Cl.Cl. The third kappa shape index (κ3) is 7.08. The summed E-state index contributed by atoms with van der Waals surface area (Å²) in [5.74, 6) is 0.120. The van der Waals surface area contributed by atoms with Gasteiger partial charge >= 0.3 is 0 Å². The molecule has 2 atom stereocenters. The molecule has 23 heavy (non-hydrogen) atoms. The van der Waals surface area contributed by atoms with Crippen LogP contribution < -0.4 is 16.0 Å². The van der Waals surface area contributed by atoms with Crippen LogP contribution in [0, 0.1) is 0 Å². The van der Waals surface area contributed by atoms with Crippen LogP contribution in [0.4, 0.5) is 0 Å². The van der Waals surface area contributed by atoms with Gasteiger partial charge in [-0.25, -0.2) is 0 Å². The van der Waals surface area contributed by atoms with Crippen molar-refractivity contribution in [2.45, 2.75) is 51.2 Å². The van der Waals surface area contributed by atoms with Crippen LogP contribution in [0.5, 0.6) is 0 Å². The van der Waals surface area contributed by atoms with Gasteiger partial charge < -0.3 is 16.0 Å². The van der Waals surface area contributed by atoms with Crippen LogP contribution in [-0.2, 0) is 4.79 Å². The fourth-order valence-corrected chi connectivity index (χ4v) is 2.80. The summed E-state index contributed by atoms with van der Waals surface area (Å²) in [4.78, 5) is 12.0. The van der Waals surface area contributed by atoms with Crippen molar-refractivity contribution in [3.63, 3.8) is 0 Å². The van der Waals surface area contributed by atoms with E-state index >= 15 is 0 Å². The van der Waals surface area contributed by atoms with Gasteiger partial charge in [0.05, 0.1) is 6.04 Å². The molecule has 2 unspecified atom stereocenters. The lowest BCUT2D eigenvalue weighted by atomic mass is 10.0. The number of benzene rings is 1. The van der Waals surface area contributed by atoms with Crippen molar-refractivity contribution in [2.24, 2.45) is 0 Å². The third-order valence-corrected chi connectivity index (χ3v) is 3.99. The molecule has 1 fully saturated rings. The second-order valence-corrected chi connectivity index (χ2v) is 6.53. The molecule has 1 aromatic rings. The fourth-order valence-electron chi connectivity index (χ4n) is 2.80. The summed E-state index contributed by atoms with van der Waals surface area (Å²) in [7, 11) is 0. The van der Waals surface area contributed by atoms with Gasteiger partial charge in [0.2, 0.25) is 5.91 Å². The van der Waals surface area contributed by atoms with Gasteiger partial charge in [0.25, 0.3) is 0 Å². The Bertz CT molecular complexity index is 462. The number of nitrogens with one attached hydrogen (secondary N) is 3. The maximum atomic E-state index is 12.0. The van der Waals surface area contributed by atoms with Crippen molar-refractivity contribution in [1.82, 2.24) is 16.0 Å². The maximum absolute atomic E-state index is 12.0. The first-order chi connectivity index (χ1) is 9.98. The Morgan fingerprint density at radius 3 is 2.52 bits per heavy atom. The first kappa shape index (κ1) is 22.2. The summed E-state index contributed by atoms with van der Waals surface area (Å²) in [5, 5.41) is 9.87. The van der Waals surface area contributed by atoms with E-state index in [-0.39, 0.29) is 48.3 Å². The average molecular weight is 362 g/mol. The second-order valence-electron chi connectivity index (χ2n) is 6.53. The standard InChI is InChI=1S/C17H27N3O.2ClH/c1-13(14-8-5-4-6-9-14)20-17(2,3)12-19-16(21)15-10-7-11-18-15;;/h4-6,8-9,13,15,18,20H,7,10-12H2,1-3H3,(H,19,21);2*1H. The van der Waals surface area contributed by atoms with E-state index in [4.69, 9.17) is 0 Å². The van der Waals surface area contributed by atoms with E-state index in [1.54, 1.807) is 0 Å². The van der Waals surface area contributed by atoms with Gasteiger partial charge in [-0.05, 0) is 45.7 Å². The number of hydrogen-bond acceptors (Lipinski definition) is 3. The van der Waals surface area contributed by atoms with Crippen LogP contribution in [0.1, 0.15) is 45.2 Å². The molecule has 1 aliphatic rings. The molecular weight excluding hydrogens is 333 g/mol. The van der Waals surface area contributed by atoms with E-state index in [0.717, 1.165) is 19.4 Å². The molecular formula is C17H29Cl2N3O. The molecule has 1 aliphatic heterocycles. The van der Waals surface area contributed by atoms with Crippen molar-refractivity contribution in [2.75, 3.05) is 13.1 Å². The Labute approximate surface area is 152 Å². The predicted octanol–water partition coefficient (Wildman–Crippen LogP) is 2.83. The Morgan fingerprint density at radius 2 is 1.96 bits per heavy atom. The van der Waals surface area contributed by atoms with Crippen LogP contribution in [0.15, 0.2) is 30.3 Å². The van der Waals surface area contributed by atoms with Crippen molar-refractivity contribution >= 4 is 30.7 Å². The largest absolute Gasteiger partial charge is 0.353 e. The molecule has 1 amide bonds. The van der Waals surface area contributed by atoms with E-state index in [0.29, 0.717) is 6.54 Å². The highest BCUT2D eigenvalue weighted by Gasteiger charge is 2.25. The highest BCUT2D eigenvalue weighted by atomic mass is 35.5. The molecule has 132 valence electrons. The summed E-state index contributed by atoms with van der Waals surface area (Å²) in [6, 6.07) is 10.6. The van der Waals surface area contributed by atoms with Gasteiger partial charge in [-0.15, -0.1) is 24.8 Å². The highest BCUT2D eigenvalue weighted by molar-refractivity contribution is 5.85. The number of halogens is 2. The summed E-state index contributed by atoms with van der Waals surface area (Å²) in [6.45, 7) is 7.97. The number of hydrogen-bond donors (Lipinski definition) is 3. The highest BCUT2D eigenvalue weighted by Crippen LogP contribution is 2.15. The monoisotopic (exact) mass is 361 g/mol. The second kappa shape index (κ2) is 10.1. The summed E-state index contributed by atoms with van der Waals surface area (Å²) >= 11 is 0. The maximum Gasteiger partial charge on any atom is 0.237 e. The van der Waals surface area contributed by atoms with E-state index in [1.807, 2.05) is 18.2 Å². The van der Waals surface area contributed by atoms with Crippen LogP contribution in [0.25, 0.3) is 0 Å². The molecule has 0 bridgehead atoms. The quantitative estimate of drug-likeness (QED) is 0.730. The van der Waals surface area contributed by atoms with Crippen LogP contribution >= 0.6 is 24.8 Å². The van der Waals surface area contributed by atoms with Gasteiger partial charge in [0.1, 0.15) is 0 Å². The predicted molar refractivity (Wildman–Crippen MR) is 101 cm³/mol. The van der Waals surface area contributed by atoms with Gasteiger partial charge in [0, 0.05) is 18.1 Å². The minimum Gasteiger partial charge on any atom is -0.353 e. The molecule has 1 heterocycles. The molecule has 6 heteroatoms. The molecule has 1 aromatic carbocycles. The van der Waals surface area contributed by atoms with Gasteiger partial charge in [-0.1, -0.05) is 30.3 Å². The van der Waals surface area contributed by atoms with Gasteiger partial charge in [-0.3, -0.25) is 4.79 Å². The Balaban J connectivity index is 0.00000242. The smallest absolute Gasteiger partial charge is 0.237 e. The van der Waals surface area contributed by atoms with E-state index < -0.39 is 0 Å². The summed E-state index contributed by atoms with van der Waals surface area (Å²) in [6.07, 6.45) is 2.03. The van der Waals surface area contributed by atoms with E-state index in [9.17, 15) is 4.79 Å². The number of rotatable bonds is 6. The topological polar surface area (TPSA) is 53.2 Å². The zero-order valence-corrected chi connectivity index (χ0v) is 15.7. The molecule has 0 aliphatic carbocycles. The van der Waals surface area contributed by atoms with E-state index in [1.165, 1.54) is 5.56 Å². The minimum absolute atomic E-state index is 0. The molecule has 0 spiro atoms. The number of amides is 1. The van der Waals surface area contributed by atoms with Crippen LogP contribution in [-0.4, -0.2) is 30.6 Å².